The number of hydrogen-bond acceptors (Lipinski definition) is 5. The average Bonchev–Trinajstić information content (AvgIpc) is 3.20. The van der Waals surface area contributed by atoms with Gasteiger partial charge in [-0.15, -0.1) is 12.4 Å². The molecule has 0 amide bonds. The van der Waals surface area contributed by atoms with Crippen LogP contribution in [0.3, 0.4) is 0 Å². The molecular weight excluding hydrogens is 366 g/mol. The number of esters is 1. The Morgan fingerprint density at radius 2 is 1.63 bits per heavy atom. The lowest BCUT2D eigenvalue weighted by Gasteiger charge is -2.18. The fourth-order valence-corrected chi connectivity index (χ4v) is 2.58. The van der Waals surface area contributed by atoms with Gasteiger partial charge in [0.15, 0.2) is 5.78 Å². The van der Waals surface area contributed by atoms with Gasteiger partial charge in [0.2, 0.25) is 0 Å². The van der Waals surface area contributed by atoms with E-state index in [1.165, 1.54) is 6.33 Å². The molecule has 140 valence electrons. The van der Waals surface area contributed by atoms with Crippen molar-refractivity contribution in [2.45, 2.75) is 25.5 Å². The predicted octanol–water partition coefficient (Wildman–Crippen LogP) is 3.65. The molecule has 0 saturated heterocycles. The van der Waals surface area contributed by atoms with E-state index in [0.29, 0.717) is 12.1 Å². The van der Waals surface area contributed by atoms with Crippen LogP contribution in [0.15, 0.2) is 73.3 Å². The molecule has 1 aromatic heterocycles. The van der Waals surface area contributed by atoms with Gasteiger partial charge in [-0.3, -0.25) is 9.59 Å². The van der Waals surface area contributed by atoms with Crippen molar-refractivity contribution in [3.8, 4) is 0 Å². The summed E-state index contributed by atoms with van der Waals surface area (Å²) in [6, 6.07) is 18.4. The highest BCUT2D eigenvalue weighted by Gasteiger charge is 2.19. The highest BCUT2D eigenvalue weighted by Crippen LogP contribution is 2.20. The maximum atomic E-state index is 12.3. The molecule has 0 N–H and O–H groups in total. The molecule has 7 heteroatoms. The second-order valence-electron chi connectivity index (χ2n) is 5.80. The van der Waals surface area contributed by atoms with Gasteiger partial charge in [0.05, 0.1) is 13.0 Å². The fourth-order valence-electron chi connectivity index (χ4n) is 2.58. The Balaban J connectivity index is 0.00000261. The molecule has 1 unspecified atom stereocenters. The molecule has 0 bridgehead atoms. The second-order valence-corrected chi connectivity index (χ2v) is 5.80. The molecule has 0 fully saturated rings. The molecule has 1 atom stereocenters. The van der Waals surface area contributed by atoms with Gasteiger partial charge in [0, 0.05) is 12.0 Å². The van der Waals surface area contributed by atoms with Crippen LogP contribution in [0, 0.1) is 0 Å². The van der Waals surface area contributed by atoms with Crippen LogP contribution in [-0.2, 0) is 16.1 Å². The molecule has 3 rings (SSSR count). The molecule has 0 radical (unpaired) electrons. The van der Waals surface area contributed by atoms with Crippen molar-refractivity contribution < 1.29 is 14.3 Å². The number of ketones is 1. The van der Waals surface area contributed by atoms with Crippen LogP contribution in [0.5, 0.6) is 0 Å². The first-order valence-electron chi connectivity index (χ1n) is 8.37. The summed E-state index contributed by atoms with van der Waals surface area (Å²) in [5, 5.41) is 4.06. The Morgan fingerprint density at radius 3 is 2.26 bits per heavy atom. The minimum Gasteiger partial charge on any atom is -0.455 e. The van der Waals surface area contributed by atoms with E-state index in [0.717, 1.165) is 5.56 Å². The standard InChI is InChI=1S/C20H19N3O3.ClH/c24-18(16-7-3-1-4-8-16)11-12-20(25)26-19(13-23-15-21-14-22-23)17-9-5-2-6-10-17;/h1-10,14-15,19H,11-13H2;1H. The van der Waals surface area contributed by atoms with Crippen LogP contribution < -0.4 is 0 Å². The molecule has 0 saturated carbocycles. The van der Waals surface area contributed by atoms with Crippen molar-refractivity contribution in [1.29, 1.82) is 0 Å². The van der Waals surface area contributed by atoms with Crippen molar-refractivity contribution in [1.82, 2.24) is 14.8 Å². The Bertz CT molecular complexity index is 839. The first-order chi connectivity index (χ1) is 12.7. The first-order valence-corrected chi connectivity index (χ1v) is 8.37. The minimum absolute atomic E-state index is 0. The Kier molecular flexibility index (Phi) is 7.70. The lowest BCUT2D eigenvalue weighted by atomic mass is 10.1. The summed E-state index contributed by atoms with van der Waals surface area (Å²) in [6.07, 6.45) is 2.67. The zero-order chi connectivity index (χ0) is 18.2. The molecule has 3 aromatic rings. The topological polar surface area (TPSA) is 74.1 Å². The van der Waals surface area contributed by atoms with Crippen molar-refractivity contribution in [3.05, 3.63) is 84.4 Å². The van der Waals surface area contributed by atoms with Crippen molar-refractivity contribution in [3.63, 3.8) is 0 Å². The summed E-state index contributed by atoms with van der Waals surface area (Å²) in [5.41, 5.74) is 1.47. The molecule has 0 spiro atoms. The maximum absolute atomic E-state index is 12.3. The minimum atomic E-state index is -0.489. The van der Waals surface area contributed by atoms with Crippen LogP contribution in [-0.4, -0.2) is 26.5 Å². The number of benzene rings is 2. The molecule has 0 aliphatic heterocycles. The Hall–Kier alpha value is -2.99. The van der Waals surface area contributed by atoms with E-state index in [1.54, 1.807) is 35.3 Å². The van der Waals surface area contributed by atoms with E-state index in [1.807, 2.05) is 36.4 Å². The summed E-state index contributed by atoms with van der Waals surface area (Å²) >= 11 is 0. The van der Waals surface area contributed by atoms with Crippen LogP contribution in [0.25, 0.3) is 0 Å². The molecule has 27 heavy (non-hydrogen) atoms. The highest BCUT2D eigenvalue weighted by atomic mass is 35.5. The van der Waals surface area contributed by atoms with Crippen molar-refractivity contribution in [2.24, 2.45) is 0 Å². The van der Waals surface area contributed by atoms with Gasteiger partial charge in [0.1, 0.15) is 18.8 Å². The molecule has 0 aliphatic carbocycles. The lowest BCUT2D eigenvalue weighted by molar-refractivity contribution is -0.150. The Labute approximate surface area is 163 Å². The van der Waals surface area contributed by atoms with Crippen LogP contribution in [0.1, 0.15) is 34.9 Å². The highest BCUT2D eigenvalue weighted by molar-refractivity contribution is 5.97. The third-order valence-corrected chi connectivity index (χ3v) is 3.92. The number of ether oxygens (including phenoxy) is 1. The van der Waals surface area contributed by atoms with E-state index in [2.05, 4.69) is 10.1 Å². The number of aromatic nitrogens is 3. The fraction of sp³-hybridized carbons (Fsp3) is 0.200. The smallest absolute Gasteiger partial charge is 0.306 e. The predicted molar refractivity (Wildman–Crippen MR) is 103 cm³/mol. The van der Waals surface area contributed by atoms with Crippen LogP contribution >= 0.6 is 12.4 Å². The number of nitrogens with zero attached hydrogens (tertiary/aromatic N) is 3. The summed E-state index contributed by atoms with van der Waals surface area (Å²) in [7, 11) is 0. The number of hydrogen-bond donors (Lipinski definition) is 0. The zero-order valence-electron chi connectivity index (χ0n) is 14.6. The maximum Gasteiger partial charge on any atom is 0.306 e. The normalized spacial score (nSPS) is 11.3. The summed E-state index contributed by atoms with van der Waals surface area (Å²) < 4.78 is 7.23. The average molecular weight is 386 g/mol. The monoisotopic (exact) mass is 385 g/mol. The summed E-state index contributed by atoms with van der Waals surface area (Å²) in [4.78, 5) is 28.3. The van der Waals surface area contributed by atoms with Gasteiger partial charge in [0.25, 0.3) is 0 Å². The van der Waals surface area contributed by atoms with E-state index in [9.17, 15) is 9.59 Å². The largest absolute Gasteiger partial charge is 0.455 e. The SMILES string of the molecule is Cl.O=C(CCC(=O)c1ccccc1)OC(Cn1cncn1)c1ccccc1. The molecular formula is C20H20ClN3O3. The molecule has 0 aliphatic rings. The number of halogens is 1. The third kappa shape index (κ3) is 6.04. The summed E-state index contributed by atoms with van der Waals surface area (Å²) in [6.45, 7) is 0.363. The van der Waals surface area contributed by atoms with E-state index in [-0.39, 0.29) is 31.0 Å². The number of carbonyl (C=O) groups is 2. The van der Waals surface area contributed by atoms with Gasteiger partial charge >= 0.3 is 5.97 Å². The number of carbonyl (C=O) groups excluding carboxylic acids is 2. The van der Waals surface area contributed by atoms with Crippen molar-refractivity contribution in [2.75, 3.05) is 0 Å². The van der Waals surface area contributed by atoms with Gasteiger partial charge in [-0.05, 0) is 5.56 Å². The van der Waals surface area contributed by atoms with Gasteiger partial charge in [-0.25, -0.2) is 9.67 Å². The quantitative estimate of drug-likeness (QED) is 0.437. The zero-order valence-corrected chi connectivity index (χ0v) is 15.4. The third-order valence-electron chi connectivity index (χ3n) is 3.92. The van der Waals surface area contributed by atoms with E-state index < -0.39 is 12.1 Å². The van der Waals surface area contributed by atoms with E-state index >= 15 is 0 Å². The molecule has 6 nitrogen and oxygen atoms in total. The van der Waals surface area contributed by atoms with Gasteiger partial charge in [-0.1, -0.05) is 60.7 Å². The molecule has 2 aromatic carbocycles. The van der Waals surface area contributed by atoms with Crippen LogP contribution in [0.4, 0.5) is 0 Å². The number of Topliss-reactive ketones (excluding diaryl/α,β-unsaturated/α-hetero) is 1. The van der Waals surface area contributed by atoms with Gasteiger partial charge < -0.3 is 4.74 Å². The van der Waals surface area contributed by atoms with Crippen LogP contribution in [0.2, 0.25) is 0 Å². The second kappa shape index (κ2) is 10.2. The lowest BCUT2D eigenvalue weighted by Crippen LogP contribution is -2.18. The van der Waals surface area contributed by atoms with Crippen molar-refractivity contribution >= 4 is 24.2 Å². The van der Waals surface area contributed by atoms with E-state index in [4.69, 9.17) is 4.74 Å². The number of rotatable bonds is 8. The first kappa shape index (κ1) is 20.3. The Morgan fingerprint density at radius 1 is 0.963 bits per heavy atom. The summed E-state index contributed by atoms with van der Waals surface area (Å²) in [5.74, 6) is -0.488. The van der Waals surface area contributed by atoms with Gasteiger partial charge in [-0.2, -0.15) is 5.10 Å². The molecule has 1 heterocycles.